The van der Waals surface area contributed by atoms with Crippen molar-refractivity contribution in [3.05, 3.63) is 51.4 Å². The maximum absolute atomic E-state index is 12.3. The van der Waals surface area contributed by atoms with Gasteiger partial charge in [-0.05, 0) is 36.9 Å². The van der Waals surface area contributed by atoms with E-state index in [1.807, 2.05) is 29.0 Å². The molecule has 0 unspecified atom stereocenters. The Balaban J connectivity index is 1.69. The lowest BCUT2D eigenvalue weighted by Crippen LogP contribution is -2.15. The molecule has 3 aromatic rings. The molecule has 0 radical (unpaired) electrons. The topological polar surface area (TPSA) is 103 Å². The number of thioether (sulfide) groups is 1. The van der Waals surface area contributed by atoms with Gasteiger partial charge in [0.15, 0.2) is 11.0 Å². The molecule has 0 aliphatic carbocycles. The number of aromatic nitrogens is 3. The molecule has 0 atom stereocenters. The van der Waals surface area contributed by atoms with Crippen molar-refractivity contribution in [2.75, 3.05) is 11.1 Å². The summed E-state index contributed by atoms with van der Waals surface area (Å²) in [5.74, 6) is 0.507. The highest BCUT2D eigenvalue weighted by Crippen LogP contribution is 2.28. The predicted octanol–water partition coefficient (Wildman–Crippen LogP) is 3.97. The maximum atomic E-state index is 12.3. The first-order chi connectivity index (χ1) is 13.0. The Bertz CT molecular complexity index is 969. The van der Waals surface area contributed by atoms with Crippen molar-refractivity contribution in [2.24, 2.45) is 0 Å². The third kappa shape index (κ3) is 4.34. The maximum Gasteiger partial charge on any atom is 0.293 e. The van der Waals surface area contributed by atoms with Gasteiger partial charge in [-0.1, -0.05) is 23.9 Å². The highest BCUT2D eigenvalue weighted by atomic mass is 32.2. The number of nitro groups is 1. The molecule has 27 heavy (non-hydrogen) atoms. The van der Waals surface area contributed by atoms with Crippen LogP contribution in [0.15, 0.2) is 40.9 Å². The number of thiophene rings is 1. The van der Waals surface area contributed by atoms with Crippen LogP contribution in [0.4, 0.5) is 11.4 Å². The van der Waals surface area contributed by atoms with Crippen molar-refractivity contribution < 1.29 is 9.72 Å². The molecule has 2 aromatic heterocycles. The third-order valence-corrected chi connectivity index (χ3v) is 5.56. The predicted molar refractivity (Wildman–Crippen MR) is 106 cm³/mol. The van der Waals surface area contributed by atoms with Crippen LogP contribution in [0.3, 0.4) is 0 Å². The number of hydrogen-bond donors (Lipinski definition) is 1. The summed E-state index contributed by atoms with van der Waals surface area (Å²) in [6.45, 7) is 4.42. The molecule has 1 amide bonds. The number of rotatable bonds is 7. The van der Waals surface area contributed by atoms with Crippen LogP contribution < -0.4 is 5.32 Å². The number of carbonyl (C=O) groups is 1. The fourth-order valence-corrected chi connectivity index (χ4v) is 4.00. The summed E-state index contributed by atoms with van der Waals surface area (Å²) in [6.07, 6.45) is 0. The van der Waals surface area contributed by atoms with Crippen LogP contribution in [-0.2, 0) is 11.3 Å². The van der Waals surface area contributed by atoms with Crippen molar-refractivity contribution in [2.45, 2.75) is 25.5 Å². The van der Waals surface area contributed by atoms with E-state index in [0.29, 0.717) is 11.7 Å². The summed E-state index contributed by atoms with van der Waals surface area (Å²) in [7, 11) is 0. The van der Waals surface area contributed by atoms with Gasteiger partial charge < -0.3 is 9.88 Å². The van der Waals surface area contributed by atoms with Crippen molar-refractivity contribution in [3.63, 3.8) is 0 Å². The summed E-state index contributed by atoms with van der Waals surface area (Å²) < 4.78 is 1.94. The SMILES string of the molecule is CCn1c(SCC(=O)Nc2ccc(C)cc2[N+](=O)[O-])nnc1-c1cccs1. The minimum Gasteiger partial charge on any atom is -0.320 e. The summed E-state index contributed by atoms with van der Waals surface area (Å²) >= 11 is 2.82. The largest absolute Gasteiger partial charge is 0.320 e. The number of aryl methyl sites for hydroxylation is 1. The van der Waals surface area contributed by atoms with Crippen LogP contribution in [0.5, 0.6) is 0 Å². The number of nitro benzene ring substituents is 1. The molecule has 0 saturated carbocycles. The van der Waals surface area contributed by atoms with Gasteiger partial charge in [-0.15, -0.1) is 21.5 Å². The second kappa shape index (κ2) is 8.31. The Morgan fingerprint density at radius 1 is 1.37 bits per heavy atom. The van der Waals surface area contributed by atoms with Gasteiger partial charge >= 0.3 is 0 Å². The fraction of sp³-hybridized carbons (Fsp3) is 0.235. The number of hydrogen-bond acceptors (Lipinski definition) is 7. The molecule has 0 bridgehead atoms. The van der Waals surface area contributed by atoms with Crippen molar-refractivity contribution in [1.29, 1.82) is 0 Å². The number of amides is 1. The quantitative estimate of drug-likeness (QED) is 0.364. The number of carbonyl (C=O) groups excluding carboxylic acids is 1. The zero-order chi connectivity index (χ0) is 19.4. The molecule has 8 nitrogen and oxygen atoms in total. The molecule has 2 heterocycles. The van der Waals surface area contributed by atoms with E-state index in [0.717, 1.165) is 16.3 Å². The second-order valence-electron chi connectivity index (χ2n) is 5.64. The van der Waals surface area contributed by atoms with Crippen LogP contribution >= 0.6 is 23.1 Å². The lowest BCUT2D eigenvalue weighted by molar-refractivity contribution is -0.384. The minimum absolute atomic E-state index is 0.0770. The molecule has 0 fully saturated rings. The van der Waals surface area contributed by atoms with Gasteiger partial charge in [-0.3, -0.25) is 14.9 Å². The smallest absolute Gasteiger partial charge is 0.293 e. The van der Waals surface area contributed by atoms with E-state index in [9.17, 15) is 14.9 Å². The van der Waals surface area contributed by atoms with Gasteiger partial charge in [0, 0.05) is 12.6 Å². The second-order valence-corrected chi connectivity index (χ2v) is 7.53. The normalized spacial score (nSPS) is 10.7. The average molecular weight is 403 g/mol. The van der Waals surface area contributed by atoms with E-state index >= 15 is 0 Å². The monoisotopic (exact) mass is 403 g/mol. The molecule has 3 rings (SSSR count). The lowest BCUT2D eigenvalue weighted by Gasteiger charge is -2.08. The molecule has 0 saturated heterocycles. The van der Waals surface area contributed by atoms with Gasteiger partial charge in [0.1, 0.15) is 5.69 Å². The molecule has 0 spiro atoms. The van der Waals surface area contributed by atoms with Crippen molar-refractivity contribution in [3.8, 4) is 10.7 Å². The molecular weight excluding hydrogens is 386 g/mol. The van der Waals surface area contributed by atoms with Crippen LogP contribution in [0.2, 0.25) is 0 Å². The first kappa shape index (κ1) is 19.1. The highest BCUT2D eigenvalue weighted by Gasteiger charge is 2.18. The zero-order valence-electron chi connectivity index (χ0n) is 14.7. The van der Waals surface area contributed by atoms with Gasteiger partial charge in [0.05, 0.1) is 15.6 Å². The molecule has 140 valence electrons. The van der Waals surface area contributed by atoms with Gasteiger partial charge in [0.25, 0.3) is 5.69 Å². The summed E-state index contributed by atoms with van der Waals surface area (Å²) in [5.41, 5.74) is 0.823. The first-order valence-electron chi connectivity index (χ1n) is 8.14. The van der Waals surface area contributed by atoms with Crippen LogP contribution in [0.25, 0.3) is 10.7 Å². The average Bonchev–Trinajstić information content (AvgIpc) is 3.30. The van der Waals surface area contributed by atoms with E-state index in [4.69, 9.17) is 0 Å². The highest BCUT2D eigenvalue weighted by molar-refractivity contribution is 7.99. The fourth-order valence-electron chi connectivity index (χ4n) is 2.48. The van der Waals surface area contributed by atoms with Crippen LogP contribution in [0.1, 0.15) is 12.5 Å². The van der Waals surface area contributed by atoms with E-state index in [-0.39, 0.29) is 23.0 Å². The summed E-state index contributed by atoms with van der Waals surface area (Å²) in [6, 6.07) is 8.61. The zero-order valence-corrected chi connectivity index (χ0v) is 16.3. The minimum atomic E-state index is -0.503. The Morgan fingerprint density at radius 2 is 2.19 bits per heavy atom. The number of nitrogens with one attached hydrogen (secondary N) is 1. The van der Waals surface area contributed by atoms with E-state index in [1.54, 1.807) is 30.4 Å². The summed E-state index contributed by atoms with van der Waals surface area (Å²) in [5, 5.41) is 24.8. The van der Waals surface area contributed by atoms with E-state index < -0.39 is 4.92 Å². The van der Waals surface area contributed by atoms with Crippen molar-refractivity contribution in [1.82, 2.24) is 14.8 Å². The Morgan fingerprint density at radius 3 is 2.85 bits per heavy atom. The van der Waals surface area contributed by atoms with Crippen LogP contribution in [-0.4, -0.2) is 31.3 Å². The molecule has 1 aromatic carbocycles. The van der Waals surface area contributed by atoms with Gasteiger partial charge in [-0.25, -0.2) is 0 Å². The Labute approximate surface area is 163 Å². The number of nitrogens with zero attached hydrogens (tertiary/aromatic N) is 4. The molecular formula is C17H17N5O3S2. The molecule has 0 aliphatic heterocycles. The van der Waals surface area contributed by atoms with E-state index in [1.165, 1.54) is 17.8 Å². The van der Waals surface area contributed by atoms with E-state index in [2.05, 4.69) is 15.5 Å². The van der Waals surface area contributed by atoms with Gasteiger partial charge in [-0.2, -0.15) is 0 Å². The standard InChI is InChI=1S/C17H17N5O3S2/c1-3-21-16(14-5-4-8-26-14)19-20-17(21)27-10-15(23)18-12-7-6-11(2)9-13(12)22(24)25/h4-9H,3,10H2,1-2H3,(H,18,23). The molecule has 1 N–H and O–H groups in total. The lowest BCUT2D eigenvalue weighted by atomic mass is 10.2. The van der Waals surface area contributed by atoms with Gasteiger partial charge in [0.2, 0.25) is 5.91 Å². The number of anilines is 1. The molecule has 0 aliphatic rings. The van der Waals surface area contributed by atoms with Crippen molar-refractivity contribution >= 4 is 40.4 Å². The Hall–Kier alpha value is -2.72. The third-order valence-electron chi connectivity index (χ3n) is 3.73. The Kier molecular flexibility index (Phi) is 5.87. The first-order valence-corrected chi connectivity index (χ1v) is 10.0. The van der Waals surface area contributed by atoms with Crippen LogP contribution in [0, 0.1) is 17.0 Å². The number of benzene rings is 1. The summed E-state index contributed by atoms with van der Waals surface area (Å²) in [4.78, 5) is 23.9. The molecule has 10 heteroatoms.